The predicted octanol–water partition coefficient (Wildman–Crippen LogP) is 2.90. The lowest BCUT2D eigenvalue weighted by molar-refractivity contribution is -0.116. The van der Waals surface area contributed by atoms with Gasteiger partial charge in [-0.05, 0) is 61.0 Å². The van der Waals surface area contributed by atoms with Crippen molar-refractivity contribution in [2.75, 3.05) is 20.1 Å². The summed E-state index contributed by atoms with van der Waals surface area (Å²) in [4.78, 5) is 15.0. The molecule has 0 saturated carbocycles. The van der Waals surface area contributed by atoms with E-state index in [1.807, 2.05) is 12.1 Å². The lowest BCUT2D eigenvalue weighted by Gasteiger charge is -2.29. The van der Waals surface area contributed by atoms with Crippen LogP contribution in [0.1, 0.15) is 24.0 Å². The number of nitrogens with one attached hydrogen (secondary N) is 1. The molecule has 2 aromatic carbocycles. The molecule has 1 fully saturated rings. The van der Waals surface area contributed by atoms with E-state index in [1.54, 1.807) is 0 Å². The van der Waals surface area contributed by atoms with Gasteiger partial charge in [0, 0.05) is 11.6 Å². The summed E-state index contributed by atoms with van der Waals surface area (Å²) in [5, 5.41) is 5.63. The smallest absolute Gasteiger partial charge is 0.252 e. The molecule has 0 bridgehead atoms. The summed E-state index contributed by atoms with van der Waals surface area (Å²) < 4.78 is 0. The van der Waals surface area contributed by atoms with Crippen molar-refractivity contribution in [2.24, 2.45) is 0 Å². The Labute approximate surface area is 130 Å². The Kier molecular flexibility index (Phi) is 3.23. The molecule has 0 aromatic heterocycles. The minimum atomic E-state index is 0.0678. The molecule has 1 heterocycles. The first-order valence-corrected chi connectivity index (χ1v) is 7.95. The van der Waals surface area contributed by atoms with Crippen LogP contribution in [0.4, 0.5) is 0 Å². The number of likely N-dealkylation sites (tertiary alicyclic amines) is 1. The van der Waals surface area contributed by atoms with Crippen molar-refractivity contribution in [1.82, 2.24) is 10.2 Å². The first-order valence-electron chi connectivity index (χ1n) is 7.95. The summed E-state index contributed by atoms with van der Waals surface area (Å²) >= 11 is 0. The summed E-state index contributed by atoms with van der Waals surface area (Å²) in [5.41, 5.74) is 3.03. The monoisotopic (exact) mass is 292 g/mol. The molecular formula is C19H20N2O. The van der Waals surface area contributed by atoms with Crippen molar-refractivity contribution >= 4 is 28.3 Å². The SMILES string of the molecule is CN1CCC(NC(=O)C2=Cc3cccc4cccc2c34)CC1. The van der Waals surface area contributed by atoms with Gasteiger partial charge in [-0.2, -0.15) is 0 Å². The Balaban J connectivity index is 1.59. The fourth-order valence-corrected chi connectivity index (χ4v) is 3.55. The van der Waals surface area contributed by atoms with E-state index in [4.69, 9.17) is 0 Å². The summed E-state index contributed by atoms with van der Waals surface area (Å²) in [6, 6.07) is 12.7. The highest BCUT2D eigenvalue weighted by molar-refractivity contribution is 6.31. The number of amides is 1. The van der Waals surface area contributed by atoms with Gasteiger partial charge in [0.2, 0.25) is 0 Å². The molecule has 0 spiro atoms. The van der Waals surface area contributed by atoms with Crippen LogP contribution < -0.4 is 5.32 Å². The highest BCUT2D eigenvalue weighted by atomic mass is 16.1. The van der Waals surface area contributed by atoms with Gasteiger partial charge in [0.25, 0.3) is 5.91 Å². The number of carbonyl (C=O) groups excluding carboxylic acids is 1. The molecule has 2 aromatic rings. The van der Waals surface area contributed by atoms with Crippen molar-refractivity contribution < 1.29 is 4.79 Å². The number of nitrogens with zero attached hydrogens (tertiary/aromatic N) is 1. The molecule has 22 heavy (non-hydrogen) atoms. The fraction of sp³-hybridized carbons (Fsp3) is 0.316. The number of hydrogen-bond acceptors (Lipinski definition) is 2. The Morgan fingerprint density at radius 1 is 1.14 bits per heavy atom. The van der Waals surface area contributed by atoms with Gasteiger partial charge in [-0.25, -0.2) is 0 Å². The second-order valence-electron chi connectivity index (χ2n) is 6.36. The van der Waals surface area contributed by atoms with E-state index in [-0.39, 0.29) is 5.91 Å². The van der Waals surface area contributed by atoms with Crippen LogP contribution in [0, 0.1) is 0 Å². The maximum absolute atomic E-state index is 12.7. The molecule has 1 aliphatic heterocycles. The zero-order chi connectivity index (χ0) is 15.1. The van der Waals surface area contributed by atoms with E-state index in [0.29, 0.717) is 6.04 Å². The highest BCUT2D eigenvalue weighted by Crippen LogP contribution is 2.36. The molecular weight excluding hydrogens is 272 g/mol. The maximum Gasteiger partial charge on any atom is 0.252 e. The topological polar surface area (TPSA) is 32.3 Å². The van der Waals surface area contributed by atoms with Crippen LogP contribution in [0.15, 0.2) is 36.4 Å². The minimum Gasteiger partial charge on any atom is -0.349 e. The van der Waals surface area contributed by atoms with Crippen molar-refractivity contribution in [3.8, 4) is 0 Å². The molecule has 2 aliphatic rings. The van der Waals surface area contributed by atoms with Gasteiger partial charge in [0.1, 0.15) is 0 Å². The van der Waals surface area contributed by atoms with Gasteiger partial charge in [-0.3, -0.25) is 4.79 Å². The van der Waals surface area contributed by atoms with Crippen molar-refractivity contribution in [3.63, 3.8) is 0 Å². The van der Waals surface area contributed by atoms with Gasteiger partial charge in [-0.15, -0.1) is 0 Å². The van der Waals surface area contributed by atoms with Crippen LogP contribution in [0.25, 0.3) is 22.4 Å². The molecule has 112 valence electrons. The lowest BCUT2D eigenvalue weighted by atomic mass is 10.0. The Morgan fingerprint density at radius 2 is 1.86 bits per heavy atom. The van der Waals surface area contributed by atoms with Gasteiger partial charge in [-0.1, -0.05) is 36.4 Å². The third-order valence-electron chi connectivity index (χ3n) is 4.83. The van der Waals surface area contributed by atoms with E-state index < -0.39 is 0 Å². The molecule has 0 radical (unpaired) electrons. The summed E-state index contributed by atoms with van der Waals surface area (Å²) in [7, 11) is 2.13. The van der Waals surface area contributed by atoms with Crippen LogP contribution in [0.3, 0.4) is 0 Å². The van der Waals surface area contributed by atoms with E-state index in [2.05, 4.69) is 47.6 Å². The van der Waals surface area contributed by atoms with Crippen LogP contribution >= 0.6 is 0 Å². The van der Waals surface area contributed by atoms with Crippen LogP contribution in [0.5, 0.6) is 0 Å². The maximum atomic E-state index is 12.7. The van der Waals surface area contributed by atoms with Crippen LogP contribution in [0.2, 0.25) is 0 Å². The zero-order valence-electron chi connectivity index (χ0n) is 12.8. The molecule has 3 nitrogen and oxygen atoms in total. The molecule has 1 amide bonds. The van der Waals surface area contributed by atoms with Gasteiger partial charge >= 0.3 is 0 Å². The van der Waals surface area contributed by atoms with Crippen LogP contribution in [-0.4, -0.2) is 37.0 Å². The largest absolute Gasteiger partial charge is 0.349 e. The molecule has 0 unspecified atom stereocenters. The quantitative estimate of drug-likeness (QED) is 0.923. The van der Waals surface area contributed by atoms with E-state index in [9.17, 15) is 4.79 Å². The Morgan fingerprint density at radius 3 is 2.64 bits per heavy atom. The number of benzene rings is 2. The van der Waals surface area contributed by atoms with Crippen molar-refractivity contribution in [1.29, 1.82) is 0 Å². The van der Waals surface area contributed by atoms with Gasteiger partial charge < -0.3 is 10.2 Å². The standard InChI is InChI=1S/C19H20N2O/c1-21-10-8-15(9-11-21)20-19(22)17-12-14-6-2-4-13-5-3-7-16(17)18(13)14/h2-7,12,15H,8-11H2,1H3,(H,20,22). The molecule has 1 saturated heterocycles. The third kappa shape index (κ3) is 2.22. The van der Waals surface area contributed by atoms with E-state index in [1.165, 1.54) is 10.8 Å². The lowest BCUT2D eigenvalue weighted by Crippen LogP contribution is -2.43. The van der Waals surface area contributed by atoms with E-state index in [0.717, 1.165) is 42.6 Å². The van der Waals surface area contributed by atoms with Gasteiger partial charge in [0.05, 0.1) is 0 Å². The average molecular weight is 292 g/mol. The minimum absolute atomic E-state index is 0.0678. The van der Waals surface area contributed by atoms with Crippen molar-refractivity contribution in [2.45, 2.75) is 18.9 Å². The number of carbonyl (C=O) groups is 1. The molecule has 0 atom stereocenters. The first kappa shape index (κ1) is 13.5. The molecule has 3 heteroatoms. The summed E-state index contributed by atoms with van der Waals surface area (Å²) in [6.07, 6.45) is 4.10. The number of piperidine rings is 1. The molecule has 4 rings (SSSR count). The normalized spacial score (nSPS) is 18.5. The Hall–Kier alpha value is -2.13. The average Bonchev–Trinajstić information content (AvgIpc) is 2.91. The highest BCUT2D eigenvalue weighted by Gasteiger charge is 2.24. The molecule has 1 aliphatic carbocycles. The van der Waals surface area contributed by atoms with Crippen LogP contribution in [-0.2, 0) is 4.79 Å². The molecule has 1 N–H and O–H groups in total. The fourth-order valence-electron chi connectivity index (χ4n) is 3.55. The summed E-state index contributed by atoms with van der Waals surface area (Å²) in [6.45, 7) is 2.11. The second kappa shape index (κ2) is 5.25. The second-order valence-corrected chi connectivity index (χ2v) is 6.36. The number of hydrogen-bond donors (Lipinski definition) is 1. The third-order valence-corrected chi connectivity index (χ3v) is 4.83. The van der Waals surface area contributed by atoms with Gasteiger partial charge in [0.15, 0.2) is 0 Å². The first-order chi connectivity index (χ1) is 10.7. The number of rotatable bonds is 2. The zero-order valence-corrected chi connectivity index (χ0v) is 12.8. The predicted molar refractivity (Wildman–Crippen MR) is 90.5 cm³/mol. The van der Waals surface area contributed by atoms with Crippen molar-refractivity contribution in [3.05, 3.63) is 47.5 Å². The summed E-state index contributed by atoms with van der Waals surface area (Å²) in [5.74, 6) is 0.0678. The Bertz CT molecular complexity index is 765. The van der Waals surface area contributed by atoms with E-state index >= 15 is 0 Å².